The van der Waals surface area contributed by atoms with Crippen LogP contribution in [0.4, 0.5) is 0 Å². The van der Waals surface area contributed by atoms with Crippen molar-refractivity contribution < 1.29 is 19.1 Å². The van der Waals surface area contributed by atoms with Crippen LogP contribution in [-0.4, -0.2) is 23.0 Å². The molecule has 0 aliphatic rings. The van der Waals surface area contributed by atoms with E-state index in [0.717, 1.165) is 16.5 Å². The van der Waals surface area contributed by atoms with E-state index in [2.05, 4.69) is 5.32 Å². The molecule has 1 unspecified atom stereocenters. The Hall–Kier alpha value is -2.30. The van der Waals surface area contributed by atoms with E-state index in [-0.39, 0.29) is 12.3 Å². The van der Waals surface area contributed by atoms with Crippen LogP contribution in [0.5, 0.6) is 0 Å². The lowest BCUT2D eigenvalue weighted by molar-refractivity contribution is -0.141. The van der Waals surface area contributed by atoms with E-state index in [1.807, 2.05) is 24.3 Å². The van der Waals surface area contributed by atoms with E-state index < -0.39 is 12.0 Å². The van der Waals surface area contributed by atoms with Crippen molar-refractivity contribution in [3.05, 3.63) is 35.6 Å². The minimum atomic E-state index is -1.06. The van der Waals surface area contributed by atoms with Crippen LogP contribution in [0, 0.1) is 6.92 Å². The van der Waals surface area contributed by atoms with E-state index >= 15 is 0 Å². The number of carbonyl (C=O) groups excluding carboxylic acids is 1. The molecule has 0 fully saturated rings. The molecule has 1 heterocycles. The first kappa shape index (κ1) is 13.1. The number of hydrogen-bond acceptors (Lipinski definition) is 3. The summed E-state index contributed by atoms with van der Waals surface area (Å²) >= 11 is 0. The number of hydrogen-bond donors (Lipinski definition) is 2. The number of carbonyl (C=O) groups is 2. The first-order valence-corrected chi connectivity index (χ1v) is 5.96. The van der Waals surface area contributed by atoms with Crippen LogP contribution in [0.25, 0.3) is 11.0 Å². The summed E-state index contributed by atoms with van der Waals surface area (Å²) in [6, 6.07) is 6.50. The van der Waals surface area contributed by atoms with Crippen LogP contribution in [0.2, 0.25) is 0 Å². The molecule has 0 aliphatic heterocycles. The molecule has 1 atom stereocenters. The Morgan fingerprint density at radius 2 is 2.05 bits per heavy atom. The zero-order valence-corrected chi connectivity index (χ0v) is 10.8. The molecule has 100 valence electrons. The summed E-state index contributed by atoms with van der Waals surface area (Å²) < 4.78 is 5.58. The third-order valence-electron chi connectivity index (χ3n) is 2.98. The maximum atomic E-state index is 11.2. The van der Waals surface area contributed by atoms with Crippen LogP contribution in [-0.2, 0) is 16.0 Å². The van der Waals surface area contributed by atoms with Crippen molar-refractivity contribution in [1.82, 2.24) is 5.32 Å². The van der Waals surface area contributed by atoms with E-state index in [0.29, 0.717) is 5.76 Å². The second kappa shape index (κ2) is 5.14. The predicted molar refractivity (Wildman–Crippen MR) is 69.9 cm³/mol. The van der Waals surface area contributed by atoms with Gasteiger partial charge in [-0.05, 0) is 13.0 Å². The average Bonchev–Trinajstić information content (AvgIpc) is 2.64. The van der Waals surface area contributed by atoms with Crippen molar-refractivity contribution in [3.8, 4) is 0 Å². The van der Waals surface area contributed by atoms with Crippen LogP contribution in [0.3, 0.4) is 0 Å². The summed E-state index contributed by atoms with van der Waals surface area (Å²) in [5.41, 5.74) is 1.54. The molecule has 5 heteroatoms. The molecule has 1 aromatic heterocycles. The Morgan fingerprint density at radius 3 is 2.68 bits per heavy atom. The number of furan rings is 1. The molecule has 2 aromatic rings. The zero-order valence-electron chi connectivity index (χ0n) is 10.8. The van der Waals surface area contributed by atoms with Gasteiger partial charge in [-0.15, -0.1) is 0 Å². The van der Waals surface area contributed by atoms with Gasteiger partial charge in [-0.1, -0.05) is 18.2 Å². The fourth-order valence-corrected chi connectivity index (χ4v) is 2.12. The van der Waals surface area contributed by atoms with Crippen LogP contribution >= 0.6 is 0 Å². The molecule has 2 rings (SSSR count). The topological polar surface area (TPSA) is 79.5 Å². The summed E-state index contributed by atoms with van der Waals surface area (Å²) in [4.78, 5) is 22.2. The monoisotopic (exact) mass is 261 g/mol. The van der Waals surface area contributed by atoms with E-state index in [1.165, 1.54) is 6.92 Å². The summed E-state index contributed by atoms with van der Waals surface area (Å²) in [5.74, 6) is -0.740. The molecule has 5 nitrogen and oxygen atoms in total. The Kier molecular flexibility index (Phi) is 3.55. The largest absolute Gasteiger partial charge is 0.480 e. The molecular weight excluding hydrogens is 246 g/mol. The molecule has 1 aromatic carbocycles. The first-order chi connectivity index (χ1) is 8.99. The zero-order chi connectivity index (χ0) is 14.0. The Bertz CT molecular complexity index is 629. The van der Waals surface area contributed by atoms with Crippen molar-refractivity contribution in [2.75, 3.05) is 0 Å². The van der Waals surface area contributed by atoms with Gasteiger partial charge in [0.05, 0.1) is 0 Å². The number of carboxylic acids is 1. The summed E-state index contributed by atoms with van der Waals surface area (Å²) in [5, 5.41) is 12.5. The van der Waals surface area contributed by atoms with Crippen molar-refractivity contribution >= 4 is 22.8 Å². The quantitative estimate of drug-likeness (QED) is 0.880. The first-order valence-electron chi connectivity index (χ1n) is 5.96. The van der Waals surface area contributed by atoms with E-state index in [1.54, 1.807) is 6.92 Å². The highest BCUT2D eigenvalue weighted by molar-refractivity contribution is 5.85. The molecule has 0 bridgehead atoms. The van der Waals surface area contributed by atoms with Crippen molar-refractivity contribution in [1.29, 1.82) is 0 Å². The number of para-hydroxylation sites is 1. The normalized spacial score (nSPS) is 12.3. The third-order valence-corrected chi connectivity index (χ3v) is 2.98. The lowest BCUT2D eigenvalue weighted by atomic mass is 10.0. The summed E-state index contributed by atoms with van der Waals surface area (Å²) in [6.07, 6.45) is 0.206. The number of amides is 1. The van der Waals surface area contributed by atoms with Gasteiger partial charge in [-0.3, -0.25) is 4.79 Å². The van der Waals surface area contributed by atoms with Gasteiger partial charge in [0.25, 0.3) is 0 Å². The Labute approximate surface area is 110 Å². The second-order valence-electron chi connectivity index (χ2n) is 4.43. The highest BCUT2D eigenvalue weighted by atomic mass is 16.4. The van der Waals surface area contributed by atoms with Crippen molar-refractivity contribution in [3.63, 3.8) is 0 Å². The minimum Gasteiger partial charge on any atom is -0.480 e. The number of benzene rings is 1. The molecule has 0 spiro atoms. The van der Waals surface area contributed by atoms with Crippen LogP contribution in [0.15, 0.2) is 28.7 Å². The molecule has 19 heavy (non-hydrogen) atoms. The van der Waals surface area contributed by atoms with Gasteiger partial charge in [0.15, 0.2) is 0 Å². The number of carboxylic acid groups (broad SMARTS) is 1. The van der Waals surface area contributed by atoms with Gasteiger partial charge in [0, 0.05) is 24.3 Å². The molecule has 1 amide bonds. The summed E-state index contributed by atoms with van der Waals surface area (Å²) in [6.45, 7) is 3.10. The molecule has 2 N–H and O–H groups in total. The predicted octanol–water partition coefficient (Wildman–Crippen LogP) is 1.87. The lowest BCUT2D eigenvalue weighted by Gasteiger charge is -2.12. The third kappa shape index (κ3) is 2.76. The molecule has 0 saturated heterocycles. The van der Waals surface area contributed by atoms with Crippen LogP contribution in [0.1, 0.15) is 18.2 Å². The van der Waals surface area contributed by atoms with Crippen molar-refractivity contribution in [2.24, 2.45) is 0 Å². The average molecular weight is 261 g/mol. The number of rotatable bonds is 4. The van der Waals surface area contributed by atoms with E-state index in [9.17, 15) is 9.59 Å². The highest BCUT2D eigenvalue weighted by Crippen LogP contribution is 2.26. The maximum absolute atomic E-state index is 11.2. The molecule has 0 radical (unpaired) electrons. The fourth-order valence-electron chi connectivity index (χ4n) is 2.12. The Morgan fingerprint density at radius 1 is 1.37 bits per heavy atom. The van der Waals surface area contributed by atoms with Crippen LogP contribution < -0.4 is 5.32 Å². The number of fused-ring (bicyclic) bond motifs is 1. The second-order valence-corrected chi connectivity index (χ2v) is 4.43. The minimum absolute atomic E-state index is 0.206. The molecule has 0 aliphatic carbocycles. The van der Waals surface area contributed by atoms with Gasteiger partial charge < -0.3 is 14.8 Å². The lowest BCUT2D eigenvalue weighted by Crippen LogP contribution is -2.41. The molecular formula is C14H15NO4. The number of aryl methyl sites for hydroxylation is 1. The number of nitrogens with one attached hydrogen (secondary N) is 1. The maximum Gasteiger partial charge on any atom is 0.326 e. The SMILES string of the molecule is CC(=O)NC(Cc1c(C)oc2ccccc12)C(=O)O. The van der Waals surface area contributed by atoms with Gasteiger partial charge in [-0.2, -0.15) is 0 Å². The fraction of sp³-hybridized carbons (Fsp3) is 0.286. The highest BCUT2D eigenvalue weighted by Gasteiger charge is 2.22. The van der Waals surface area contributed by atoms with E-state index in [4.69, 9.17) is 9.52 Å². The molecule has 0 saturated carbocycles. The smallest absolute Gasteiger partial charge is 0.326 e. The standard InChI is InChI=1S/C14H15NO4/c1-8-11(7-12(14(17)18)15-9(2)16)10-5-3-4-6-13(10)19-8/h3-6,12H,7H2,1-2H3,(H,15,16)(H,17,18). The van der Waals surface area contributed by atoms with Gasteiger partial charge in [-0.25, -0.2) is 4.79 Å². The van der Waals surface area contributed by atoms with Gasteiger partial charge in [0.2, 0.25) is 5.91 Å². The summed E-state index contributed by atoms with van der Waals surface area (Å²) in [7, 11) is 0. The van der Waals surface area contributed by atoms with Crippen molar-refractivity contribution in [2.45, 2.75) is 26.3 Å². The number of aliphatic carboxylic acids is 1. The van der Waals surface area contributed by atoms with Gasteiger partial charge in [0.1, 0.15) is 17.4 Å². The Balaban J connectivity index is 2.35. The van der Waals surface area contributed by atoms with Gasteiger partial charge >= 0.3 is 5.97 Å².